The van der Waals surface area contributed by atoms with Gasteiger partial charge in [-0.3, -0.25) is 4.72 Å². The average Bonchev–Trinajstić information content (AvgIpc) is 3.14. The molecule has 0 bridgehead atoms. The van der Waals surface area contributed by atoms with E-state index in [0.29, 0.717) is 5.75 Å². The predicted octanol–water partition coefficient (Wildman–Crippen LogP) is 5.43. The molecule has 0 aliphatic heterocycles. The molecule has 1 N–H and O–H groups in total. The smallest absolute Gasteiger partial charge is 0.350 e. The molecule has 6 nitrogen and oxygen atoms in total. The molecule has 0 atom stereocenters. The van der Waals surface area contributed by atoms with Crippen molar-refractivity contribution >= 4 is 33.0 Å². The minimum atomic E-state index is -4.04. The maximum atomic E-state index is 13.2. The van der Waals surface area contributed by atoms with Crippen LogP contribution in [0, 0.1) is 0 Å². The number of rotatable bonds is 6. The van der Waals surface area contributed by atoms with E-state index >= 15 is 0 Å². The van der Waals surface area contributed by atoms with Crippen LogP contribution in [-0.4, -0.2) is 21.5 Å². The highest BCUT2D eigenvalue weighted by Crippen LogP contribution is 2.35. The molecule has 0 aliphatic rings. The van der Waals surface area contributed by atoms with Crippen molar-refractivity contribution in [1.82, 2.24) is 0 Å². The van der Waals surface area contributed by atoms with Gasteiger partial charge in [0.1, 0.15) is 21.3 Å². The second kappa shape index (κ2) is 8.49. The highest BCUT2D eigenvalue weighted by molar-refractivity contribution is 7.92. The summed E-state index contributed by atoms with van der Waals surface area (Å²) in [5.41, 5.74) is 0.895. The van der Waals surface area contributed by atoms with E-state index in [2.05, 4.69) is 4.72 Å². The zero-order valence-corrected chi connectivity index (χ0v) is 18.8. The normalized spacial score (nSPS) is 11.7. The van der Waals surface area contributed by atoms with Gasteiger partial charge in [0.15, 0.2) is 0 Å². The van der Waals surface area contributed by atoms with Gasteiger partial charge in [0, 0.05) is 0 Å². The van der Waals surface area contributed by atoms with E-state index in [1.807, 2.05) is 39.0 Å². The van der Waals surface area contributed by atoms with Gasteiger partial charge >= 0.3 is 5.97 Å². The lowest BCUT2D eigenvalue weighted by Crippen LogP contribution is -2.17. The summed E-state index contributed by atoms with van der Waals surface area (Å²) in [5.74, 6) is 0.119. The Balaban J connectivity index is 2.05. The Labute approximate surface area is 180 Å². The third-order valence-electron chi connectivity index (χ3n) is 4.35. The molecular weight excluding hydrogens is 422 g/mol. The fourth-order valence-corrected chi connectivity index (χ4v) is 4.74. The van der Waals surface area contributed by atoms with Crippen LogP contribution in [0.3, 0.4) is 0 Å². The number of para-hydroxylation sites is 1. The third kappa shape index (κ3) is 4.83. The number of thiophene rings is 1. The van der Waals surface area contributed by atoms with Crippen molar-refractivity contribution in [2.45, 2.75) is 31.1 Å². The summed E-state index contributed by atoms with van der Waals surface area (Å²) in [6.45, 7) is 6.11. The van der Waals surface area contributed by atoms with Gasteiger partial charge in [0.25, 0.3) is 10.0 Å². The summed E-state index contributed by atoms with van der Waals surface area (Å²) in [5, 5.41) is 1.62. The number of benzene rings is 2. The monoisotopic (exact) mass is 445 g/mol. The molecule has 1 heterocycles. The number of carbonyl (C=O) groups excluding carboxylic acids is 1. The van der Waals surface area contributed by atoms with Crippen LogP contribution in [0.25, 0.3) is 0 Å². The van der Waals surface area contributed by atoms with Crippen LogP contribution in [0.15, 0.2) is 64.9 Å². The summed E-state index contributed by atoms with van der Waals surface area (Å²) < 4.78 is 39.5. The van der Waals surface area contributed by atoms with E-state index in [1.165, 1.54) is 19.2 Å². The molecule has 3 rings (SSSR count). The first kappa shape index (κ1) is 21.9. The lowest BCUT2D eigenvalue weighted by atomic mass is 9.87. The van der Waals surface area contributed by atoms with Crippen LogP contribution < -0.4 is 9.46 Å². The maximum Gasteiger partial charge on any atom is 0.350 e. The fraction of sp³-hybridized carbons (Fsp3) is 0.227. The van der Waals surface area contributed by atoms with E-state index in [1.54, 1.807) is 29.6 Å². The second-order valence-electron chi connectivity index (χ2n) is 7.59. The molecule has 0 fully saturated rings. The topological polar surface area (TPSA) is 81.7 Å². The molecule has 2 aromatic carbocycles. The minimum Gasteiger partial charge on any atom is -0.465 e. The van der Waals surface area contributed by atoms with Crippen LogP contribution in [0.5, 0.6) is 11.5 Å². The zero-order valence-electron chi connectivity index (χ0n) is 17.1. The molecule has 0 radical (unpaired) electrons. The Morgan fingerprint density at radius 1 is 1.03 bits per heavy atom. The van der Waals surface area contributed by atoms with Crippen molar-refractivity contribution in [3.05, 3.63) is 70.4 Å². The summed E-state index contributed by atoms with van der Waals surface area (Å²) >= 11 is 1.10. The second-order valence-corrected chi connectivity index (χ2v) is 10.2. The Morgan fingerprint density at radius 3 is 2.37 bits per heavy atom. The van der Waals surface area contributed by atoms with Gasteiger partial charge in [-0.15, -0.1) is 11.3 Å². The van der Waals surface area contributed by atoms with E-state index < -0.39 is 16.0 Å². The molecule has 0 saturated carbocycles. The Kier molecular flexibility index (Phi) is 6.19. The predicted molar refractivity (Wildman–Crippen MR) is 118 cm³/mol. The molecule has 0 amide bonds. The molecule has 8 heteroatoms. The molecule has 158 valence electrons. The largest absolute Gasteiger partial charge is 0.465 e. The van der Waals surface area contributed by atoms with Crippen molar-refractivity contribution < 1.29 is 22.7 Å². The van der Waals surface area contributed by atoms with E-state index in [0.717, 1.165) is 16.9 Å². The number of anilines is 1. The van der Waals surface area contributed by atoms with Crippen LogP contribution in [0.1, 0.15) is 36.0 Å². The van der Waals surface area contributed by atoms with Gasteiger partial charge in [0.2, 0.25) is 0 Å². The summed E-state index contributed by atoms with van der Waals surface area (Å²) in [6, 6.07) is 15.5. The number of methoxy groups -OCH3 is 1. The maximum absolute atomic E-state index is 13.2. The summed E-state index contributed by atoms with van der Waals surface area (Å²) in [6.07, 6.45) is 0. The number of hydrogen-bond donors (Lipinski definition) is 1. The van der Waals surface area contributed by atoms with Crippen molar-refractivity contribution in [2.75, 3.05) is 11.8 Å². The Morgan fingerprint density at radius 2 is 1.73 bits per heavy atom. The number of nitrogens with one attached hydrogen (secondary N) is 1. The van der Waals surface area contributed by atoms with Crippen LogP contribution in [0.2, 0.25) is 0 Å². The first-order valence-corrected chi connectivity index (χ1v) is 11.5. The van der Waals surface area contributed by atoms with Crippen LogP contribution in [-0.2, 0) is 20.2 Å². The molecule has 30 heavy (non-hydrogen) atoms. The molecule has 0 spiro atoms. The molecule has 1 aromatic heterocycles. The highest BCUT2D eigenvalue weighted by Gasteiger charge is 2.26. The van der Waals surface area contributed by atoms with Gasteiger partial charge in [0.05, 0.1) is 12.8 Å². The molecule has 0 aliphatic carbocycles. The lowest BCUT2D eigenvalue weighted by Gasteiger charge is -2.21. The highest BCUT2D eigenvalue weighted by atomic mass is 32.2. The molecule has 3 aromatic rings. The quantitative estimate of drug-likeness (QED) is 0.512. The van der Waals surface area contributed by atoms with Gasteiger partial charge in [-0.2, -0.15) is 0 Å². The molecule has 0 unspecified atom stereocenters. The third-order valence-corrected chi connectivity index (χ3v) is 6.65. The minimum absolute atomic E-state index is 0.0265. The number of sulfonamides is 1. The fourth-order valence-electron chi connectivity index (χ4n) is 2.73. The van der Waals surface area contributed by atoms with Crippen LogP contribution in [0.4, 0.5) is 5.69 Å². The number of ether oxygens (including phenoxy) is 2. The van der Waals surface area contributed by atoms with Crippen molar-refractivity contribution in [2.24, 2.45) is 0 Å². The Bertz CT molecular complexity index is 1150. The number of esters is 1. The summed E-state index contributed by atoms with van der Waals surface area (Å²) in [4.78, 5) is 12.1. The van der Waals surface area contributed by atoms with Gasteiger partial charge in [-0.25, -0.2) is 13.2 Å². The van der Waals surface area contributed by atoms with Gasteiger partial charge in [-0.05, 0) is 46.7 Å². The van der Waals surface area contributed by atoms with Crippen LogP contribution >= 0.6 is 11.3 Å². The Hall–Kier alpha value is -2.84. The van der Waals surface area contributed by atoms with E-state index in [4.69, 9.17) is 9.47 Å². The SMILES string of the molecule is COC(=O)c1sccc1NS(=O)(=O)c1ccc(C(C)(C)C)cc1Oc1ccccc1. The standard InChI is InChI=1S/C22H23NO5S2/c1-22(2,3)15-10-11-19(18(14-15)28-16-8-6-5-7-9-16)30(25,26)23-17-12-13-29-20(17)21(24)27-4/h5-14,23H,1-4H3. The van der Waals surface area contributed by atoms with Crippen molar-refractivity contribution in [1.29, 1.82) is 0 Å². The van der Waals surface area contributed by atoms with Crippen molar-refractivity contribution in [3.63, 3.8) is 0 Å². The first-order chi connectivity index (χ1) is 14.1. The lowest BCUT2D eigenvalue weighted by molar-refractivity contribution is 0.0607. The average molecular weight is 446 g/mol. The van der Waals surface area contributed by atoms with E-state index in [9.17, 15) is 13.2 Å². The first-order valence-electron chi connectivity index (χ1n) is 9.18. The zero-order chi connectivity index (χ0) is 21.9. The number of hydrogen-bond acceptors (Lipinski definition) is 6. The van der Waals surface area contributed by atoms with Gasteiger partial charge in [-0.1, -0.05) is 45.0 Å². The molecular formula is C22H23NO5S2. The summed E-state index contributed by atoms with van der Waals surface area (Å²) in [7, 11) is -2.79. The van der Waals surface area contributed by atoms with Crippen molar-refractivity contribution in [3.8, 4) is 11.5 Å². The van der Waals surface area contributed by atoms with Gasteiger partial charge < -0.3 is 9.47 Å². The molecule has 0 saturated heterocycles. The van der Waals surface area contributed by atoms with E-state index in [-0.39, 0.29) is 26.6 Å². The number of carbonyl (C=O) groups is 1.